The molecular formula is C18H16Cl2N2O2S. The van der Waals surface area contributed by atoms with Gasteiger partial charge in [0, 0.05) is 5.69 Å². The van der Waals surface area contributed by atoms with Crippen LogP contribution in [0.25, 0.3) is 0 Å². The summed E-state index contributed by atoms with van der Waals surface area (Å²) < 4.78 is 27.8. The van der Waals surface area contributed by atoms with Crippen LogP contribution in [0.3, 0.4) is 0 Å². The van der Waals surface area contributed by atoms with Gasteiger partial charge in [0.2, 0.25) is 0 Å². The monoisotopic (exact) mass is 394 g/mol. The zero-order valence-electron chi connectivity index (χ0n) is 13.7. The second-order valence-electron chi connectivity index (χ2n) is 6.73. The molecule has 2 aromatic carbocycles. The Morgan fingerprint density at radius 3 is 2.64 bits per heavy atom. The number of rotatable bonds is 3. The van der Waals surface area contributed by atoms with Gasteiger partial charge in [-0.15, -0.1) is 0 Å². The Hall–Kier alpha value is -1.74. The van der Waals surface area contributed by atoms with Crippen molar-refractivity contribution in [1.82, 2.24) is 0 Å². The quantitative estimate of drug-likeness (QED) is 0.788. The van der Waals surface area contributed by atoms with Gasteiger partial charge in [-0.1, -0.05) is 49.2 Å². The van der Waals surface area contributed by atoms with Crippen molar-refractivity contribution in [1.29, 1.82) is 5.26 Å². The summed E-state index contributed by atoms with van der Waals surface area (Å²) in [7, 11) is -3.89. The van der Waals surface area contributed by atoms with Gasteiger partial charge in [0.15, 0.2) is 0 Å². The predicted octanol–water partition coefficient (Wildman–Crippen LogP) is 5.08. The molecule has 2 aromatic rings. The van der Waals surface area contributed by atoms with Gasteiger partial charge in [-0.25, -0.2) is 8.42 Å². The fraction of sp³-hybridized carbons (Fsp3) is 0.278. The van der Waals surface area contributed by atoms with Crippen molar-refractivity contribution in [2.75, 3.05) is 4.72 Å². The molecule has 0 bridgehead atoms. The molecule has 3 rings (SSSR count). The fourth-order valence-corrected chi connectivity index (χ4v) is 5.09. The molecule has 0 saturated heterocycles. The van der Waals surface area contributed by atoms with Crippen LogP contribution in [-0.4, -0.2) is 8.42 Å². The van der Waals surface area contributed by atoms with Crippen molar-refractivity contribution in [2.45, 2.75) is 36.5 Å². The molecule has 0 fully saturated rings. The van der Waals surface area contributed by atoms with Crippen LogP contribution < -0.4 is 4.72 Å². The lowest BCUT2D eigenvalue weighted by atomic mass is 9.86. The molecule has 0 amide bonds. The minimum Gasteiger partial charge on any atom is -0.280 e. The molecule has 0 aromatic heterocycles. The maximum absolute atomic E-state index is 12.6. The van der Waals surface area contributed by atoms with Crippen LogP contribution in [0.15, 0.2) is 41.3 Å². The van der Waals surface area contributed by atoms with Gasteiger partial charge in [0.05, 0.1) is 22.0 Å². The highest BCUT2D eigenvalue weighted by Gasteiger charge is 2.37. The van der Waals surface area contributed by atoms with Gasteiger partial charge >= 0.3 is 0 Å². The highest BCUT2D eigenvalue weighted by molar-refractivity contribution is 7.92. The lowest BCUT2D eigenvalue weighted by Crippen LogP contribution is -2.14. The van der Waals surface area contributed by atoms with E-state index in [-0.39, 0.29) is 26.3 Å². The minimum absolute atomic E-state index is 0.0196. The van der Waals surface area contributed by atoms with Crippen LogP contribution in [-0.2, 0) is 15.4 Å². The summed E-state index contributed by atoms with van der Waals surface area (Å²) in [5.41, 5.74) is 2.23. The van der Waals surface area contributed by atoms with E-state index in [1.807, 2.05) is 6.07 Å². The van der Waals surface area contributed by atoms with Crippen molar-refractivity contribution in [3.63, 3.8) is 0 Å². The Morgan fingerprint density at radius 2 is 1.96 bits per heavy atom. The molecule has 4 nitrogen and oxygen atoms in total. The molecule has 1 aliphatic carbocycles. The lowest BCUT2D eigenvalue weighted by Gasteiger charge is -2.19. The number of halogens is 2. The largest absolute Gasteiger partial charge is 0.280 e. The number of nitrogens with one attached hydrogen (secondary N) is 1. The van der Waals surface area contributed by atoms with Gasteiger partial charge in [-0.2, -0.15) is 5.26 Å². The van der Waals surface area contributed by atoms with Gasteiger partial charge < -0.3 is 0 Å². The van der Waals surface area contributed by atoms with Gasteiger partial charge in [0.1, 0.15) is 4.90 Å². The fourth-order valence-electron chi connectivity index (χ4n) is 3.28. The van der Waals surface area contributed by atoms with E-state index in [0.29, 0.717) is 5.69 Å². The number of hydrogen-bond donors (Lipinski definition) is 1. The highest BCUT2D eigenvalue weighted by Crippen LogP contribution is 2.46. The number of anilines is 1. The molecule has 1 aliphatic rings. The molecule has 0 saturated carbocycles. The zero-order chi connectivity index (χ0) is 18.4. The first-order valence-electron chi connectivity index (χ1n) is 7.66. The number of fused-ring (bicyclic) bond motifs is 1. The summed E-state index contributed by atoms with van der Waals surface area (Å²) in [5, 5.41) is 9.54. The first-order chi connectivity index (χ1) is 11.7. The first-order valence-corrected chi connectivity index (χ1v) is 9.90. The van der Waals surface area contributed by atoms with E-state index < -0.39 is 10.0 Å². The van der Waals surface area contributed by atoms with Gasteiger partial charge in [0.25, 0.3) is 10.0 Å². The van der Waals surface area contributed by atoms with Gasteiger partial charge in [-0.3, -0.25) is 4.72 Å². The summed E-state index contributed by atoms with van der Waals surface area (Å²) in [6, 6.07) is 12.1. The Labute approximate surface area is 157 Å². The average molecular weight is 395 g/mol. The molecule has 7 heteroatoms. The van der Waals surface area contributed by atoms with E-state index in [9.17, 15) is 13.7 Å². The molecule has 0 radical (unpaired) electrons. The summed E-state index contributed by atoms with van der Waals surface area (Å²) in [5.74, 6) is -0.246. The van der Waals surface area contributed by atoms with Crippen LogP contribution in [0.1, 0.15) is 37.3 Å². The number of benzene rings is 2. The van der Waals surface area contributed by atoms with E-state index >= 15 is 0 Å². The third-order valence-corrected chi connectivity index (χ3v) is 6.84. The maximum Gasteiger partial charge on any atom is 0.263 e. The van der Waals surface area contributed by atoms with Crippen molar-refractivity contribution in [3.8, 4) is 6.07 Å². The van der Waals surface area contributed by atoms with Gasteiger partial charge in [-0.05, 0) is 47.2 Å². The van der Waals surface area contributed by atoms with E-state index in [1.165, 1.54) is 18.2 Å². The topological polar surface area (TPSA) is 70.0 Å². The maximum atomic E-state index is 12.6. The van der Waals surface area contributed by atoms with E-state index in [0.717, 1.165) is 17.5 Å². The first kappa shape index (κ1) is 18.1. The molecule has 0 aliphatic heterocycles. The minimum atomic E-state index is -3.89. The number of hydrogen-bond acceptors (Lipinski definition) is 3. The second kappa shape index (κ2) is 6.21. The molecule has 1 unspecified atom stereocenters. The van der Waals surface area contributed by atoms with E-state index in [1.54, 1.807) is 12.1 Å². The number of nitriles is 1. The molecular weight excluding hydrogens is 379 g/mol. The van der Waals surface area contributed by atoms with Crippen LogP contribution in [0.5, 0.6) is 0 Å². The molecule has 1 N–H and O–H groups in total. The number of sulfonamides is 1. The molecule has 130 valence electrons. The highest BCUT2D eigenvalue weighted by atomic mass is 35.5. The molecule has 0 spiro atoms. The normalized spacial score (nSPS) is 18.4. The average Bonchev–Trinajstić information content (AvgIpc) is 2.80. The third kappa shape index (κ3) is 3.22. The van der Waals surface area contributed by atoms with Crippen molar-refractivity contribution < 1.29 is 8.42 Å². The summed E-state index contributed by atoms with van der Waals surface area (Å²) in [4.78, 5) is -0.0840. The third-order valence-electron chi connectivity index (χ3n) is 4.48. The van der Waals surface area contributed by atoms with Crippen LogP contribution in [0.4, 0.5) is 5.69 Å². The Morgan fingerprint density at radius 1 is 1.24 bits per heavy atom. The van der Waals surface area contributed by atoms with Crippen molar-refractivity contribution >= 4 is 38.9 Å². The predicted molar refractivity (Wildman–Crippen MR) is 99.7 cm³/mol. The Balaban J connectivity index is 2.00. The Kier molecular flexibility index (Phi) is 4.48. The van der Waals surface area contributed by atoms with Crippen LogP contribution >= 0.6 is 23.2 Å². The SMILES string of the molecule is CC1(C)CC(C#N)c2cc(NS(=O)(=O)c3cccc(Cl)c3Cl)ccc21. The van der Waals surface area contributed by atoms with Crippen molar-refractivity contribution in [2.24, 2.45) is 0 Å². The van der Waals surface area contributed by atoms with E-state index in [4.69, 9.17) is 23.2 Å². The molecule has 25 heavy (non-hydrogen) atoms. The van der Waals surface area contributed by atoms with Crippen molar-refractivity contribution in [3.05, 3.63) is 57.6 Å². The second-order valence-corrected chi connectivity index (χ2v) is 9.17. The molecule has 0 heterocycles. The Bertz CT molecular complexity index is 995. The lowest BCUT2D eigenvalue weighted by molar-refractivity contribution is 0.506. The summed E-state index contributed by atoms with van der Waals surface area (Å²) in [6.45, 7) is 4.16. The smallest absolute Gasteiger partial charge is 0.263 e. The number of nitrogens with zero attached hydrogens (tertiary/aromatic N) is 1. The standard InChI is InChI=1S/C18H16Cl2N2O2S/c1-18(2)9-11(10-21)13-8-12(6-7-14(13)18)22-25(23,24)16-5-3-4-15(19)17(16)20/h3-8,11,22H,9H2,1-2H3. The zero-order valence-corrected chi connectivity index (χ0v) is 16.0. The van der Waals surface area contributed by atoms with E-state index in [2.05, 4.69) is 24.6 Å². The summed E-state index contributed by atoms with van der Waals surface area (Å²) >= 11 is 11.9. The van der Waals surface area contributed by atoms with Crippen LogP contribution in [0.2, 0.25) is 10.0 Å². The molecule has 1 atom stereocenters. The van der Waals surface area contributed by atoms with Crippen LogP contribution in [0, 0.1) is 11.3 Å². The summed E-state index contributed by atoms with van der Waals surface area (Å²) in [6.07, 6.45) is 0.717.